The van der Waals surface area contributed by atoms with Gasteiger partial charge in [0.2, 0.25) is 0 Å². The van der Waals surface area contributed by atoms with Gasteiger partial charge in [0.1, 0.15) is 15.7 Å². The predicted molar refractivity (Wildman–Crippen MR) is 104 cm³/mol. The topological polar surface area (TPSA) is 92.7 Å². The number of aromatic nitrogens is 1. The first-order valence-electron chi connectivity index (χ1n) is 8.96. The number of furan rings is 1. The van der Waals surface area contributed by atoms with Gasteiger partial charge < -0.3 is 9.32 Å². The normalized spacial score (nSPS) is 14.9. The lowest BCUT2D eigenvalue weighted by Crippen LogP contribution is -2.48. The number of piperazine rings is 1. The van der Waals surface area contributed by atoms with Crippen molar-refractivity contribution in [2.75, 3.05) is 26.2 Å². The Morgan fingerprint density at radius 3 is 2.55 bits per heavy atom. The molecule has 0 atom stereocenters. The first-order chi connectivity index (χ1) is 14.0. The van der Waals surface area contributed by atoms with Gasteiger partial charge in [-0.3, -0.25) is 19.8 Å². The summed E-state index contributed by atoms with van der Waals surface area (Å²) in [6.07, 6.45) is 0. The van der Waals surface area contributed by atoms with Crippen LogP contribution in [0.25, 0.3) is 11.3 Å². The van der Waals surface area contributed by atoms with E-state index in [0.29, 0.717) is 32.7 Å². The van der Waals surface area contributed by atoms with Crippen molar-refractivity contribution in [3.63, 3.8) is 0 Å². The molecular weight excluding hydrogens is 399 g/mol. The summed E-state index contributed by atoms with van der Waals surface area (Å²) in [4.78, 5) is 30.9. The van der Waals surface area contributed by atoms with Crippen molar-refractivity contribution in [2.24, 2.45) is 0 Å². The lowest BCUT2D eigenvalue weighted by Gasteiger charge is -2.33. The minimum atomic E-state index is -0.664. The Morgan fingerprint density at radius 1 is 1.17 bits per heavy atom. The number of carbonyl (C=O) groups is 1. The molecular formula is C19H17FN4O4S. The van der Waals surface area contributed by atoms with Gasteiger partial charge in [-0.2, -0.15) is 0 Å². The van der Waals surface area contributed by atoms with Crippen LogP contribution < -0.4 is 0 Å². The number of rotatable bonds is 5. The van der Waals surface area contributed by atoms with E-state index in [-0.39, 0.29) is 17.5 Å². The third kappa shape index (κ3) is 4.33. The highest BCUT2D eigenvalue weighted by atomic mass is 32.1. The van der Waals surface area contributed by atoms with E-state index in [2.05, 4.69) is 9.88 Å². The molecule has 2 aromatic heterocycles. The molecule has 1 aromatic carbocycles. The molecule has 0 unspecified atom stereocenters. The molecule has 150 valence electrons. The average molecular weight is 416 g/mol. The lowest BCUT2D eigenvalue weighted by atomic mass is 10.2. The number of thiazole rings is 1. The molecule has 0 bridgehead atoms. The van der Waals surface area contributed by atoms with Crippen molar-refractivity contribution < 1.29 is 18.5 Å². The highest BCUT2D eigenvalue weighted by Crippen LogP contribution is 2.24. The molecule has 1 amide bonds. The van der Waals surface area contributed by atoms with E-state index in [4.69, 9.17) is 4.42 Å². The standard InChI is InChI=1S/C19H17FN4O4S/c20-14-3-1-13(2-4-14)15-12-29-17(21-15)11-22-7-9-23(10-8-22)19(25)16-5-6-18(28-16)24(26)27/h1-6,12H,7-11H2. The van der Waals surface area contributed by atoms with Gasteiger partial charge in [0.25, 0.3) is 5.91 Å². The van der Waals surface area contributed by atoms with E-state index < -0.39 is 10.8 Å². The summed E-state index contributed by atoms with van der Waals surface area (Å²) in [6, 6.07) is 8.76. The molecule has 8 nitrogen and oxygen atoms in total. The third-order valence-electron chi connectivity index (χ3n) is 4.69. The lowest BCUT2D eigenvalue weighted by molar-refractivity contribution is -0.402. The summed E-state index contributed by atoms with van der Waals surface area (Å²) in [7, 11) is 0. The second-order valence-electron chi connectivity index (χ2n) is 6.60. The molecule has 1 aliphatic rings. The van der Waals surface area contributed by atoms with Crippen LogP contribution in [0.1, 0.15) is 15.6 Å². The van der Waals surface area contributed by atoms with Crippen LogP contribution in [-0.2, 0) is 6.54 Å². The van der Waals surface area contributed by atoms with Crippen LogP contribution in [-0.4, -0.2) is 51.8 Å². The van der Waals surface area contributed by atoms with Gasteiger partial charge in [0.05, 0.1) is 18.3 Å². The number of nitro groups is 1. The first-order valence-corrected chi connectivity index (χ1v) is 9.84. The molecule has 0 radical (unpaired) electrons. The minimum absolute atomic E-state index is 0.0194. The molecule has 0 spiro atoms. The Balaban J connectivity index is 1.32. The van der Waals surface area contributed by atoms with E-state index in [1.54, 1.807) is 28.4 Å². The Labute approximate surface area is 169 Å². The van der Waals surface area contributed by atoms with Gasteiger partial charge in [0.15, 0.2) is 5.76 Å². The number of amides is 1. The van der Waals surface area contributed by atoms with Crippen LogP contribution in [0.5, 0.6) is 0 Å². The zero-order chi connectivity index (χ0) is 20.4. The summed E-state index contributed by atoms with van der Waals surface area (Å²) < 4.78 is 18.1. The third-order valence-corrected chi connectivity index (χ3v) is 5.53. The molecule has 29 heavy (non-hydrogen) atoms. The fourth-order valence-electron chi connectivity index (χ4n) is 3.13. The second-order valence-corrected chi connectivity index (χ2v) is 7.54. The van der Waals surface area contributed by atoms with Crippen molar-refractivity contribution in [1.82, 2.24) is 14.8 Å². The van der Waals surface area contributed by atoms with E-state index >= 15 is 0 Å². The molecule has 1 fully saturated rings. The van der Waals surface area contributed by atoms with Gasteiger partial charge in [-0.1, -0.05) is 0 Å². The number of nitrogens with zero attached hydrogens (tertiary/aromatic N) is 4. The fraction of sp³-hybridized carbons (Fsp3) is 0.263. The maximum Gasteiger partial charge on any atom is 0.433 e. The summed E-state index contributed by atoms with van der Waals surface area (Å²) in [5, 5.41) is 13.6. The van der Waals surface area contributed by atoms with Crippen LogP contribution in [0.15, 0.2) is 46.2 Å². The van der Waals surface area contributed by atoms with Crippen molar-refractivity contribution in [3.8, 4) is 11.3 Å². The van der Waals surface area contributed by atoms with Gasteiger partial charge in [-0.15, -0.1) is 11.3 Å². The number of hydrogen-bond donors (Lipinski definition) is 0. The molecule has 1 saturated heterocycles. The summed E-state index contributed by atoms with van der Waals surface area (Å²) >= 11 is 1.55. The summed E-state index contributed by atoms with van der Waals surface area (Å²) in [5.74, 6) is -1.08. The predicted octanol–water partition coefficient (Wildman–Crippen LogP) is 3.41. The van der Waals surface area contributed by atoms with Crippen molar-refractivity contribution in [1.29, 1.82) is 0 Å². The largest absolute Gasteiger partial charge is 0.433 e. The highest BCUT2D eigenvalue weighted by molar-refractivity contribution is 7.09. The molecule has 4 rings (SSSR count). The van der Waals surface area contributed by atoms with Crippen LogP contribution in [0, 0.1) is 15.9 Å². The van der Waals surface area contributed by atoms with Crippen LogP contribution >= 0.6 is 11.3 Å². The summed E-state index contributed by atoms with van der Waals surface area (Å²) in [5.41, 5.74) is 1.69. The van der Waals surface area contributed by atoms with Crippen molar-refractivity contribution in [3.05, 3.63) is 68.5 Å². The Morgan fingerprint density at radius 2 is 1.90 bits per heavy atom. The van der Waals surface area contributed by atoms with E-state index in [1.165, 1.54) is 24.3 Å². The maximum absolute atomic E-state index is 13.1. The maximum atomic E-state index is 13.1. The van der Waals surface area contributed by atoms with E-state index in [9.17, 15) is 19.3 Å². The van der Waals surface area contributed by atoms with Crippen molar-refractivity contribution >= 4 is 23.1 Å². The fourth-order valence-corrected chi connectivity index (χ4v) is 3.98. The highest BCUT2D eigenvalue weighted by Gasteiger charge is 2.26. The van der Waals surface area contributed by atoms with E-state index in [0.717, 1.165) is 16.3 Å². The molecule has 0 saturated carbocycles. The van der Waals surface area contributed by atoms with Gasteiger partial charge in [0, 0.05) is 37.1 Å². The van der Waals surface area contributed by atoms with Gasteiger partial charge in [-0.05, 0) is 30.3 Å². The first kappa shape index (κ1) is 19.2. The second kappa shape index (κ2) is 8.10. The van der Waals surface area contributed by atoms with Crippen LogP contribution in [0.2, 0.25) is 0 Å². The van der Waals surface area contributed by atoms with Gasteiger partial charge in [-0.25, -0.2) is 9.37 Å². The van der Waals surface area contributed by atoms with Crippen molar-refractivity contribution in [2.45, 2.75) is 6.54 Å². The number of hydrogen-bond acceptors (Lipinski definition) is 7. The number of benzene rings is 1. The van der Waals surface area contributed by atoms with Crippen LogP contribution in [0.4, 0.5) is 10.3 Å². The monoisotopic (exact) mass is 416 g/mol. The molecule has 1 aliphatic heterocycles. The molecule has 3 aromatic rings. The molecule has 3 heterocycles. The Bertz CT molecular complexity index is 1030. The Kier molecular flexibility index (Phi) is 5.36. The quantitative estimate of drug-likeness (QED) is 0.467. The molecule has 0 aliphatic carbocycles. The average Bonchev–Trinajstić information content (AvgIpc) is 3.39. The number of carbonyl (C=O) groups excluding carboxylic acids is 1. The zero-order valence-electron chi connectivity index (χ0n) is 15.3. The van der Waals surface area contributed by atoms with Crippen LogP contribution in [0.3, 0.4) is 0 Å². The summed E-state index contributed by atoms with van der Waals surface area (Å²) in [6.45, 7) is 3.01. The SMILES string of the molecule is O=C(c1ccc([N+](=O)[O-])o1)N1CCN(Cc2nc(-c3ccc(F)cc3)cs2)CC1. The molecule has 10 heteroatoms. The van der Waals surface area contributed by atoms with Gasteiger partial charge >= 0.3 is 5.88 Å². The number of halogens is 1. The minimum Gasteiger partial charge on any atom is -0.395 e. The molecule has 0 N–H and O–H groups in total. The smallest absolute Gasteiger partial charge is 0.395 e. The Hall–Kier alpha value is -3.11. The van der Waals surface area contributed by atoms with E-state index in [1.807, 2.05) is 5.38 Å². The zero-order valence-corrected chi connectivity index (χ0v) is 16.1.